The molecule has 320 valence electrons. The van der Waals surface area contributed by atoms with E-state index in [2.05, 4.69) is 126 Å². The molecule has 8 nitrogen and oxygen atoms in total. The quantitative estimate of drug-likeness (QED) is 0.134. The molecule has 0 spiro atoms. The molecule has 0 aromatic heterocycles. The van der Waals surface area contributed by atoms with E-state index in [0.29, 0.717) is 18.4 Å². The maximum absolute atomic E-state index is 15.4. The molecule has 4 aliphatic rings. The van der Waals surface area contributed by atoms with Gasteiger partial charge in [-0.05, 0) is 71.4 Å². The highest BCUT2D eigenvalue weighted by atomic mass is 33.2. The topological polar surface area (TPSA) is 97.4 Å². The first kappa shape index (κ1) is 54.0. The van der Waals surface area contributed by atoms with E-state index in [0.717, 1.165) is 11.1 Å². The molecule has 0 N–H and O–H groups in total. The molecular formula is C29H56O8P20. The molecule has 15 unspecified atom stereocenters. The highest BCUT2D eigenvalue weighted by molar-refractivity contribution is 9.19. The van der Waals surface area contributed by atoms with E-state index in [-0.39, 0.29) is 30.8 Å². The number of hydrogen-bond acceptors (Lipinski definition) is 8. The van der Waals surface area contributed by atoms with Crippen molar-refractivity contribution < 1.29 is 37.6 Å². The van der Waals surface area contributed by atoms with Crippen molar-refractivity contribution in [2.45, 2.75) is 83.9 Å². The summed E-state index contributed by atoms with van der Waals surface area (Å²) in [4.78, 5) is 43.2. The number of ketones is 1. The number of carbonyl (C=O) groups excluding carboxylic acids is 3. The van der Waals surface area contributed by atoms with Gasteiger partial charge in [-0.2, -0.15) is 0 Å². The van der Waals surface area contributed by atoms with Crippen LogP contribution in [0, 0.1) is 22.7 Å². The summed E-state index contributed by atoms with van der Waals surface area (Å²) < 4.78 is 34.6. The molecule has 1 aliphatic heterocycles. The average Bonchev–Trinajstić information content (AvgIpc) is 3.09. The Morgan fingerprint density at radius 3 is 1.89 bits per heavy atom. The first-order valence-electron chi connectivity index (χ1n) is 17.6. The second kappa shape index (κ2) is 22.6. The Morgan fingerprint density at radius 1 is 0.807 bits per heavy atom. The Labute approximate surface area is 375 Å². The van der Waals surface area contributed by atoms with Crippen LogP contribution in [0.15, 0.2) is 41.5 Å². The molecule has 3 fully saturated rings. The predicted octanol–water partition coefficient (Wildman–Crippen LogP) is 15.3. The number of allylic oxidation sites excluding steroid dienone is 1. The normalized spacial score (nSPS) is 32.3. The highest BCUT2D eigenvalue weighted by Crippen LogP contribution is 3.17. The molecule has 0 amide bonds. The SMILES string of the molecule is CC(=O)O[C@@]12CO[C@@H]1C[C@H](OP(P(P)P)P(P)P)[C@@]1(C)CC(=O)C3=C(C)[C@@H](OP(P(P)P(P)P)P(P(P)P)P(P)P)CC([C@@H](OC(=O)c4ccccc4)C12)C3(C)C. The summed E-state index contributed by atoms with van der Waals surface area (Å²) in [7, 11) is 31.6. The van der Waals surface area contributed by atoms with E-state index in [4.69, 9.17) is 23.3 Å². The number of fused-ring (bicyclic) bond motifs is 5. The van der Waals surface area contributed by atoms with Gasteiger partial charge in [-0.25, -0.2) is 4.79 Å². The summed E-state index contributed by atoms with van der Waals surface area (Å²) in [6.07, 6.45) is -0.919. The van der Waals surface area contributed by atoms with Crippen LogP contribution in [0.4, 0.5) is 0 Å². The van der Waals surface area contributed by atoms with Crippen molar-refractivity contribution in [3.05, 3.63) is 47.0 Å². The van der Waals surface area contributed by atoms with Crippen molar-refractivity contribution in [1.29, 1.82) is 0 Å². The van der Waals surface area contributed by atoms with Crippen LogP contribution in [0.3, 0.4) is 0 Å². The minimum absolute atomic E-state index is 0.0570. The van der Waals surface area contributed by atoms with E-state index in [1.807, 2.05) is 18.2 Å². The number of esters is 2. The van der Waals surface area contributed by atoms with Crippen LogP contribution in [-0.2, 0) is 32.8 Å². The number of hydrogen-bond donors (Lipinski definition) is 0. The van der Waals surface area contributed by atoms with Gasteiger partial charge in [0.1, 0.15) is 12.2 Å². The van der Waals surface area contributed by atoms with Gasteiger partial charge in [0.05, 0.1) is 39.4 Å². The first-order chi connectivity index (χ1) is 26.5. The van der Waals surface area contributed by atoms with Crippen LogP contribution < -0.4 is 0 Å². The van der Waals surface area contributed by atoms with Crippen molar-refractivity contribution >= 4 is 180 Å². The van der Waals surface area contributed by atoms with Gasteiger partial charge in [0.25, 0.3) is 0 Å². The molecule has 1 aromatic carbocycles. The average molecular weight is 1150 g/mol. The molecule has 2 bridgehead atoms. The van der Waals surface area contributed by atoms with Crippen molar-refractivity contribution in [3.63, 3.8) is 0 Å². The molecule has 0 radical (unpaired) electrons. The zero-order valence-corrected chi connectivity index (χ0v) is 53.1. The maximum Gasteiger partial charge on any atom is 0.338 e. The number of benzene rings is 1. The van der Waals surface area contributed by atoms with Gasteiger partial charge in [-0.3, -0.25) is 9.59 Å². The van der Waals surface area contributed by atoms with Crippen LogP contribution in [0.1, 0.15) is 64.2 Å². The molecule has 28 heteroatoms. The number of carbonyl (C=O) groups is 3. The Balaban J connectivity index is 1.77. The number of ether oxygens (including phenoxy) is 3. The van der Waals surface area contributed by atoms with Gasteiger partial charge in [0.2, 0.25) is 0 Å². The Hall–Kier alpha value is 6.05. The summed E-state index contributed by atoms with van der Waals surface area (Å²) in [6, 6.07) is 9.09. The molecule has 1 aromatic rings. The zero-order chi connectivity index (χ0) is 42.5. The fourth-order valence-corrected chi connectivity index (χ4v) is 138. The molecule has 57 heavy (non-hydrogen) atoms. The van der Waals surface area contributed by atoms with Gasteiger partial charge < -0.3 is 23.3 Å². The minimum atomic E-state index is -1.13. The largest absolute Gasteiger partial charge is 0.458 e. The molecule has 1 heterocycles. The lowest BCUT2D eigenvalue weighted by Gasteiger charge is -2.66. The summed E-state index contributed by atoms with van der Waals surface area (Å²) in [6.45, 7) is 6.41. The van der Waals surface area contributed by atoms with Crippen LogP contribution in [0.25, 0.3) is 0 Å². The third-order valence-corrected chi connectivity index (χ3v) is 105. The standard InChI is InChI=1S/C29H56O8P20/c1-15-20(36-50(56(48)53(42)43)57(54(44)45)55(46)47)11-18-24(34-26(32)17-9-7-6-8-10-17)25-28(5,13-19(31)23(15)27(18,3)4)21(37-49(51(38)39)52(40)41)12-22-29(25,14-33-22)35-16(2)30/h6-10,18,20-22,24-25H,11-14,38-48H2,1-5H3/t18?,20-,21-,22+,24+,25?,28+,29-,50?,56?/m0/s1. The zero-order valence-electron chi connectivity index (χ0n) is 32.3. The van der Waals surface area contributed by atoms with E-state index < -0.39 is 117 Å². The maximum atomic E-state index is 15.4. The van der Waals surface area contributed by atoms with Crippen LogP contribution in [0.5, 0.6) is 0 Å². The summed E-state index contributed by atoms with van der Waals surface area (Å²) in [5, 5.41) is 0. The van der Waals surface area contributed by atoms with Gasteiger partial charge in [0, 0.05) is 56.6 Å². The third-order valence-electron chi connectivity index (χ3n) is 11.3. The van der Waals surface area contributed by atoms with E-state index in [9.17, 15) is 9.59 Å². The van der Waals surface area contributed by atoms with Crippen LogP contribution in [0.2, 0.25) is 0 Å². The van der Waals surface area contributed by atoms with Gasteiger partial charge in [-0.1, -0.05) is 47.9 Å². The number of Topliss-reactive ketones (excluding diaryl/α,β-unsaturated/α-hetero) is 1. The summed E-state index contributed by atoms with van der Waals surface area (Å²) in [5.74, 6) is -1.80. The first-order valence-corrected chi connectivity index (χ1v) is 52.2. The molecular weight excluding hydrogens is 1100 g/mol. The fraction of sp³-hybridized carbons (Fsp3) is 0.621. The van der Waals surface area contributed by atoms with Crippen LogP contribution in [-0.4, -0.2) is 54.3 Å². The predicted molar refractivity (Wildman–Crippen MR) is 299 cm³/mol. The summed E-state index contributed by atoms with van der Waals surface area (Å²) >= 11 is 0. The lowest BCUT2D eigenvalue weighted by atomic mass is 9.46. The number of rotatable bonds is 14. The Morgan fingerprint density at radius 2 is 1.40 bits per heavy atom. The van der Waals surface area contributed by atoms with Crippen LogP contribution >= 0.6 is 162 Å². The Bertz CT molecular complexity index is 1660. The Kier molecular flexibility index (Phi) is 21.5. The second-order valence-corrected chi connectivity index (χ2v) is 87.6. The van der Waals surface area contributed by atoms with Gasteiger partial charge in [0.15, 0.2) is 11.4 Å². The van der Waals surface area contributed by atoms with Crippen molar-refractivity contribution in [1.82, 2.24) is 0 Å². The van der Waals surface area contributed by atoms with E-state index in [1.54, 1.807) is 12.1 Å². The van der Waals surface area contributed by atoms with Crippen molar-refractivity contribution in [2.75, 3.05) is 6.61 Å². The smallest absolute Gasteiger partial charge is 0.338 e. The highest BCUT2D eigenvalue weighted by Gasteiger charge is 2.73. The molecule has 5 rings (SSSR count). The monoisotopic (exact) mass is 1150 g/mol. The summed E-state index contributed by atoms with van der Waals surface area (Å²) in [5.41, 5.74) is -0.545. The lowest BCUT2D eigenvalue weighted by molar-refractivity contribution is -0.336. The molecule has 3 aliphatic carbocycles. The van der Waals surface area contributed by atoms with Crippen molar-refractivity contribution in [2.24, 2.45) is 22.7 Å². The molecule has 21 atom stereocenters. The van der Waals surface area contributed by atoms with Gasteiger partial charge in [-0.15, -0.1) is 89.3 Å². The lowest BCUT2D eigenvalue weighted by Crippen LogP contribution is -2.77. The molecule has 2 saturated carbocycles. The van der Waals surface area contributed by atoms with E-state index in [1.165, 1.54) is 6.92 Å². The van der Waals surface area contributed by atoms with Crippen molar-refractivity contribution in [3.8, 4) is 0 Å². The van der Waals surface area contributed by atoms with Gasteiger partial charge >= 0.3 is 11.9 Å². The van der Waals surface area contributed by atoms with E-state index >= 15 is 4.79 Å². The molecule has 1 saturated heterocycles. The minimum Gasteiger partial charge on any atom is -0.458 e. The second-order valence-electron chi connectivity index (χ2n) is 15.2. The third kappa shape index (κ3) is 11.7. The fourth-order valence-electron chi connectivity index (χ4n) is 9.01.